The van der Waals surface area contributed by atoms with Crippen LogP contribution in [0.5, 0.6) is 0 Å². The summed E-state index contributed by atoms with van der Waals surface area (Å²) in [5.41, 5.74) is 0. The Labute approximate surface area is 79.2 Å². The first-order valence-electron chi connectivity index (χ1n) is 4.45. The third-order valence-corrected chi connectivity index (χ3v) is 1.15. The molecule has 0 N–H and O–H groups in total. The van der Waals surface area contributed by atoms with Crippen LogP contribution in [0.15, 0.2) is 0 Å². The molecular weight excluding hydrogens is 172 g/mol. The van der Waals surface area contributed by atoms with Crippen molar-refractivity contribution in [2.75, 3.05) is 26.4 Å². The van der Waals surface area contributed by atoms with Crippen LogP contribution in [-0.4, -0.2) is 38.5 Å². The van der Waals surface area contributed by atoms with Crippen molar-refractivity contribution < 1.29 is 19.0 Å². The average Bonchev–Trinajstić information content (AvgIpc) is 2.06. The van der Waals surface area contributed by atoms with E-state index in [9.17, 15) is 4.79 Å². The minimum Gasteiger partial charge on any atom is -0.463 e. The Hall–Kier alpha value is -0.610. The molecule has 0 bridgehead atoms. The maximum absolute atomic E-state index is 10.0. The molecule has 1 fully saturated rings. The highest BCUT2D eigenvalue weighted by atomic mass is 16.6. The molecule has 0 atom stereocenters. The summed E-state index contributed by atoms with van der Waals surface area (Å²) in [5.74, 6) is -0.213. The summed E-state index contributed by atoms with van der Waals surface area (Å²) in [6.45, 7) is 8.16. The van der Waals surface area contributed by atoms with Gasteiger partial charge in [0.25, 0.3) is 0 Å². The maximum Gasteiger partial charge on any atom is 0.302 e. The van der Waals surface area contributed by atoms with Gasteiger partial charge in [-0.25, -0.2) is 0 Å². The molecule has 0 aromatic carbocycles. The number of hydrogen-bond donors (Lipinski definition) is 0. The standard InChI is InChI=1S/C5H10O2.C4H8O2/c1-4(2)7-5(3)6;1-2-6-4-3-5-1/h4H,1-3H3;1-4H2. The van der Waals surface area contributed by atoms with Gasteiger partial charge in [0.05, 0.1) is 32.5 Å². The predicted octanol–water partition coefficient (Wildman–Crippen LogP) is 0.991. The van der Waals surface area contributed by atoms with Crippen molar-refractivity contribution in [3.63, 3.8) is 0 Å². The quantitative estimate of drug-likeness (QED) is 0.578. The SMILES string of the molecule is C1COCCO1.CC(=O)OC(C)C. The molecule has 78 valence electrons. The molecule has 1 rings (SSSR count). The largest absolute Gasteiger partial charge is 0.463 e. The van der Waals surface area contributed by atoms with Crippen LogP contribution in [0.4, 0.5) is 0 Å². The van der Waals surface area contributed by atoms with Crippen LogP contribution < -0.4 is 0 Å². The van der Waals surface area contributed by atoms with Crippen molar-refractivity contribution in [3.05, 3.63) is 0 Å². The van der Waals surface area contributed by atoms with Crippen molar-refractivity contribution in [1.29, 1.82) is 0 Å². The van der Waals surface area contributed by atoms with E-state index >= 15 is 0 Å². The second-order valence-corrected chi connectivity index (χ2v) is 2.88. The van der Waals surface area contributed by atoms with Gasteiger partial charge in [-0.15, -0.1) is 0 Å². The van der Waals surface area contributed by atoms with Gasteiger partial charge in [0.15, 0.2) is 0 Å². The molecule has 4 nitrogen and oxygen atoms in total. The van der Waals surface area contributed by atoms with E-state index in [0.29, 0.717) is 0 Å². The summed E-state index contributed by atoms with van der Waals surface area (Å²) in [5, 5.41) is 0. The Morgan fingerprint density at radius 3 is 1.62 bits per heavy atom. The van der Waals surface area contributed by atoms with Gasteiger partial charge in [0.1, 0.15) is 0 Å². The molecule has 0 radical (unpaired) electrons. The lowest BCUT2D eigenvalue weighted by Crippen LogP contribution is -2.16. The van der Waals surface area contributed by atoms with Crippen molar-refractivity contribution >= 4 is 5.97 Å². The topological polar surface area (TPSA) is 44.8 Å². The summed E-state index contributed by atoms with van der Waals surface area (Å²) in [6.07, 6.45) is 0.0255. The van der Waals surface area contributed by atoms with Crippen molar-refractivity contribution in [1.82, 2.24) is 0 Å². The fourth-order valence-electron chi connectivity index (χ4n) is 0.772. The second kappa shape index (κ2) is 8.01. The Morgan fingerprint density at radius 1 is 1.15 bits per heavy atom. The molecule has 0 saturated carbocycles. The van der Waals surface area contributed by atoms with E-state index in [4.69, 9.17) is 9.47 Å². The van der Waals surface area contributed by atoms with Gasteiger partial charge in [-0.2, -0.15) is 0 Å². The van der Waals surface area contributed by atoms with Crippen LogP contribution >= 0.6 is 0 Å². The third kappa shape index (κ3) is 11.4. The number of rotatable bonds is 1. The number of hydrogen-bond acceptors (Lipinski definition) is 4. The molecule has 4 heteroatoms. The van der Waals surface area contributed by atoms with E-state index in [0.717, 1.165) is 26.4 Å². The first-order chi connectivity index (χ1) is 6.13. The zero-order chi connectivity index (χ0) is 10.1. The van der Waals surface area contributed by atoms with E-state index in [1.807, 2.05) is 13.8 Å². The Morgan fingerprint density at radius 2 is 1.54 bits per heavy atom. The van der Waals surface area contributed by atoms with Crippen LogP contribution in [0.2, 0.25) is 0 Å². The minimum absolute atomic E-state index is 0.0255. The van der Waals surface area contributed by atoms with Gasteiger partial charge in [-0.1, -0.05) is 0 Å². The lowest BCUT2D eigenvalue weighted by Gasteiger charge is -2.09. The molecule has 0 unspecified atom stereocenters. The zero-order valence-corrected chi connectivity index (χ0v) is 8.54. The maximum atomic E-state index is 10.0. The van der Waals surface area contributed by atoms with Gasteiger partial charge < -0.3 is 14.2 Å². The smallest absolute Gasteiger partial charge is 0.302 e. The molecule has 13 heavy (non-hydrogen) atoms. The van der Waals surface area contributed by atoms with Crippen LogP contribution in [-0.2, 0) is 19.0 Å². The fourth-order valence-corrected chi connectivity index (χ4v) is 0.772. The van der Waals surface area contributed by atoms with Crippen LogP contribution in [0, 0.1) is 0 Å². The van der Waals surface area contributed by atoms with Crippen molar-refractivity contribution in [3.8, 4) is 0 Å². The lowest BCUT2D eigenvalue weighted by atomic mass is 10.5. The summed E-state index contributed by atoms with van der Waals surface area (Å²) in [6, 6.07) is 0. The molecule has 1 saturated heterocycles. The van der Waals surface area contributed by atoms with Gasteiger partial charge in [-0.05, 0) is 13.8 Å². The van der Waals surface area contributed by atoms with Gasteiger partial charge in [0.2, 0.25) is 0 Å². The van der Waals surface area contributed by atoms with Crippen LogP contribution in [0.1, 0.15) is 20.8 Å². The molecular formula is C9H18O4. The van der Waals surface area contributed by atoms with Gasteiger partial charge in [0, 0.05) is 6.92 Å². The Bertz CT molecular complexity index is 118. The summed E-state index contributed by atoms with van der Waals surface area (Å²) >= 11 is 0. The first-order valence-corrected chi connectivity index (χ1v) is 4.45. The molecule has 0 amide bonds. The highest BCUT2D eigenvalue weighted by Gasteiger charge is 1.94. The number of carbonyl (C=O) groups excluding carboxylic acids is 1. The molecule has 1 aliphatic rings. The normalized spacial score (nSPS) is 16.0. The predicted molar refractivity (Wildman–Crippen MR) is 48.5 cm³/mol. The highest BCUT2D eigenvalue weighted by molar-refractivity contribution is 5.66. The van der Waals surface area contributed by atoms with Crippen LogP contribution in [0.25, 0.3) is 0 Å². The highest BCUT2D eigenvalue weighted by Crippen LogP contribution is 1.85. The van der Waals surface area contributed by atoms with Crippen molar-refractivity contribution in [2.45, 2.75) is 26.9 Å². The summed E-state index contributed by atoms with van der Waals surface area (Å²) in [4.78, 5) is 10.0. The lowest BCUT2D eigenvalue weighted by molar-refractivity contribution is -0.144. The summed E-state index contributed by atoms with van der Waals surface area (Å²) in [7, 11) is 0. The third-order valence-electron chi connectivity index (χ3n) is 1.15. The minimum atomic E-state index is -0.213. The Kier molecular flexibility index (Phi) is 7.63. The summed E-state index contributed by atoms with van der Waals surface area (Å²) < 4.78 is 14.5. The fraction of sp³-hybridized carbons (Fsp3) is 0.889. The Balaban J connectivity index is 0.000000223. The number of carbonyl (C=O) groups is 1. The van der Waals surface area contributed by atoms with Crippen molar-refractivity contribution in [2.24, 2.45) is 0 Å². The first kappa shape index (κ1) is 12.4. The van der Waals surface area contributed by atoms with E-state index in [2.05, 4.69) is 4.74 Å². The zero-order valence-electron chi connectivity index (χ0n) is 8.54. The number of esters is 1. The van der Waals surface area contributed by atoms with E-state index < -0.39 is 0 Å². The molecule has 1 aliphatic heterocycles. The molecule has 0 aromatic rings. The average molecular weight is 190 g/mol. The molecule has 0 aliphatic carbocycles. The molecule has 0 spiro atoms. The second-order valence-electron chi connectivity index (χ2n) is 2.88. The van der Waals surface area contributed by atoms with Gasteiger partial charge >= 0.3 is 5.97 Å². The monoisotopic (exact) mass is 190 g/mol. The van der Waals surface area contributed by atoms with Gasteiger partial charge in [-0.3, -0.25) is 4.79 Å². The number of ether oxygens (including phenoxy) is 3. The molecule has 0 aromatic heterocycles. The van der Waals surface area contributed by atoms with E-state index in [1.165, 1.54) is 6.92 Å². The molecule has 1 heterocycles. The van der Waals surface area contributed by atoms with E-state index in [1.54, 1.807) is 0 Å². The van der Waals surface area contributed by atoms with Crippen LogP contribution in [0.3, 0.4) is 0 Å². The van der Waals surface area contributed by atoms with E-state index in [-0.39, 0.29) is 12.1 Å².